The first-order chi connectivity index (χ1) is 10.7. The molecule has 0 radical (unpaired) electrons. The molecule has 0 heterocycles. The monoisotopic (exact) mass is 319 g/mol. The third-order valence-corrected chi connectivity index (χ3v) is 3.82. The number of anilines is 1. The fraction of sp³-hybridized carbons (Fsp3) is 0.556. The van der Waals surface area contributed by atoms with Gasteiger partial charge in [-0.25, -0.2) is 0 Å². The van der Waals surface area contributed by atoms with Gasteiger partial charge in [0, 0.05) is 25.3 Å². The van der Waals surface area contributed by atoms with Gasteiger partial charge in [-0.1, -0.05) is 12.1 Å². The Bertz CT molecular complexity index is 553. The number of hydrogen-bond acceptors (Lipinski definition) is 3. The van der Waals surface area contributed by atoms with Gasteiger partial charge in [-0.3, -0.25) is 9.59 Å². The summed E-state index contributed by atoms with van der Waals surface area (Å²) in [5.74, 6) is -0.427. The van der Waals surface area contributed by atoms with Crippen LogP contribution in [-0.2, 0) is 9.59 Å². The summed E-state index contributed by atoms with van der Waals surface area (Å²) in [5, 5.41) is 2.85. The van der Waals surface area contributed by atoms with Crippen LogP contribution in [0.1, 0.15) is 26.3 Å². The van der Waals surface area contributed by atoms with E-state index < -0.39 is 5.41 Å². The molecule has 1 aromatic rings. The predicted octanol–water partition coefficient (Wildman–Crippen LogP) is 2.05. The first kappa shape index (κ1) is 19.2. The molecule has 0 bridgehead atoms. The third kappa shape index (κ3) is 5.06. The Balaban J connectivity index is 2.88. The topological polar surface area (TPSA) is 52.7 Å². The number of likely N-dealkylation sites (N-methyl/N-ethyl adjacent to an activating group) is 1. The molecule has 1 N–H and O–H groups in total. The van der Waals surface area contributed by atoms with E-state index in [1.165, 1.54) is 0 Å². The molecular weight excluding hydrogens is 290 g/mol. The number of nitrogens with one attached hydrogen (secondary N) is 1. The highest BCUT2D eigenvalue weighted by Crippen LogP contribution is 2.24. The SMILES string of the molecule is CCN(C(=O)C(C)(C)C(=O)NCCN(C)C)c1cccc(C)c1. The number of rotatable bonds is 7. The molecule has 1 aromatic carbocycles. The van der Waals surface area contributed by atoms with Crippen LogP contribution in [0.4, 0.5) is 5.69 Å². The zero-order valence-electron chi connectivity index (χ0n) is 15.1. The van der Waals surface area contributed by atoms with Crippen LogP contribution in [-0.4, -0.2) is 50.4 Å². The van der Waals surface area contributed by atoms with Gasteiger partial charge < -0.3 is 15.1 Å². The van der Waals surface area contributed by atoms with Gasteiger partial charge >= 0.3 is 0 Å². The maximum Gasteiger partial charge on any atom is 0.242 e. The minimum Gasteiger partial charge on any atom is -0.354 e. The highest BCUT2D eigenvalue weighted by atomic mass is 16.2. The van der Waals surface area contributed by atoms with Crippen molar-refractivity contribution in [2.75, 3.05) is 38.6 Å². The van der Waals surface area contributed by atoms with Crippen molar-refractivity contribution >= 4 is 17.5 Å². The van der Waals surface area contributed by atoms with E-state index in [-0.39, 0.29) is 11.8 Å². The molecule has 0 atom stereocenters. The van der Waals surface area contributed by atoms with Gasteiger partial charge in [0.15, 0.2) is 0 Å². The molecule has 2 amide bonds. The summed E-state index contributed by atoms with van der Waals surface area (Å²) in [4.78, 5) is 29.0. The minimum atomic E-state index is -1.11. The zero-order chi connectivity index (χ0) is 17.6. The number of carbonyl (C=O) groups excluding carboxylic acids is 2. The van der Waals surface area contributed by atoms with Crippen LogP contribution in [0, 0.1) is 12.3 Å². The van der Waals surface area contributed by atoms with E-state index in [0.29, 0.717) is 13.1 Å². The molecule has 128 valence electrons. The molecule has 1 rings (SSSR count). The van der Waals surface area contributed by atoms with E-state index in [0.717, 1.165) is 17.8 Å². The molecule has 0 saturated heterocycles. The Hall–Kier alpha value is -1.88. The van der Waals surface area contributed by atoms with E-state index in [1.807, 2.05) is 57.1 Å². The van der Waals surface area contributed by atoms with E-state index in [1.54, 1.807) is 18.7 Å². The Morgan fingerprint density at radius 1 is 1.22 bits per heavy atom. The van der Waals surface area contributed by atoms with E-state index in [9.17, 15) is 9.59 Å². The molecular formula is C18H29N3O2. The lowest BCUT2D eigenvalue weighted by Crippen LogP contribution is -2.50. The maximum absolute atomic E-state index is 12.9. The summed E-state index contributed by atoms with van der Waals surface area (Å²) < 4.78 is 0. The van der Waals surface area contributed by atoms with Crippen molar-refractivity contribution in [1.82, 2.24) is 10.2 Å². The van der Waals surface area contributed by atoms with E-state index in [4.69, 9.17) is 0 Å². The largest absolute Gasteiger partial charge is 0.354 e. The number of nitrogens with zero attached hydrogens (tertiary/aromatic N) is 2. The molecule has 0 aliphatic heterocycles. The lowest BCUT2D eigenvalue weighted by atomic mass is 9.90. The summed E-state index contributed by atoms with van der Waals surface area (Å²) in [6.07, 6.45) is 0. The van der Waals surface area contributed by atoms with Crippen molar-refractivity contribution < 1.29 is 9.59 Å². The van der Waals surface area contributed by atoms with Crippen molar-refractivity contribution in [1.29, 1.82) is 0 Å². The zero-order valence-corrected chi connectivity index (χ0v) is 15.1. The molecule has 23 heavy (non-hydrogen) atoms. The Morgan fingerprint density at radius 2 is 1.87 bits per heavy atom. The summed E-state index contributed by atoms with van der Waals surface area (Å²) >= 11 is 0. The summed E-state index contributed by atoms with van der Waals surface area (Å²) in [7, 11) is 3.89. The molecule has 0 aliphatic rings. The van der Waals surface area contributed by atoms with Crippen LogP contribution >= 0.6 is 0 Å². The summed E-state index contributed by atoms with van der Waals surface area (Å²) in [6.45, 7) is 9.06. The second kappa shape index (κ2) is 8.11. The Morgan fingerprint density at radius 3 is 2.39 bits per heavy atom. The van der Waals surface area contributed by atoms with Crippen LogP contribution in [0.5, 0.6) is 0 Å². The van der Waals surface area contributed by atoms with Crippen molar-refractivity contribution in [2.24, 2.45) is 5.41 Å². The Kier molecular flexibility index (Phi) is 6.76. The van der Waals surface area contributed by atoms with Crippen molar-refractivity contribution in [3.05, 3.63) is 29.8 Å². The van der Waals surface area contributed by atoms with Crippen LogP contribution < -0.4 is 10.2 Å². The van der Waals surface area contributed by atoms with E-state index >= 15 is 0 Å². The van der Waals surface area contributed by atoms with Gasteiger partial charge in [-0.15, -0.1) is 0 Å². The van der Waals surface area contributed by atoms with Crippen molar-refractivity contribution in [2.45, 2.75) is 27.7 Å². The fourth-order valence-corrected chi connectivity index (χ4v) is 2.29. The van der Waals surface area contributed by atoms with Gasteiger partial charge in [-0.05, 0) is 59.5 Å². The van der Waals surface area contributed by atoms with Crippen LogP contribution in [0.25, 0.3) is 0 Å². The number of aryl methyl sites for hydroxylation is 1. The molecule has 0 spiro atoms. The molecule has 0 unspecified atom stereocenters. The van der Waals surface area contributed by atoms with Gasteiger partial charge in [0.25, 0.3) is 0 Å². The number of hydrogen-bond donors (Lipinski definition) is 1. The maximum atomic E-state index is 12.9. The molecule has 5 nitrogen and oxygen atoms in total. The molecule has 0 aliphatic carbocycles. The van der Waals surface area contributed by atoms with Gasteiger partial charge in [-0.2, -0.15) is 0 Å². The van der Waals surface area contributed by atoms with Crippen LogP contribution in [0.15, 0.2) is 24.3 Å². The van der Waals surface area contributed by atoms with Crippen LogP contribution in [0.2, 0.25) is 0 Å². The molecule has 0 saturated carbocycles. The van der Waals surface area contributed by atoms with Crippen molar-refractivity contribution in [3.63, 3.8) is 0 Å². The van der Waals surface area contributed by atoms with Gasteiger partial charge in [0.2, 0.25) is 11.8 Å². The Labute approximate surface area is 139 Å². The lowest BCUT2D eigenvalue weighted by molar-refractivity contribution is -0.139. The first-order valence-electron chi connectivity index (χ1n) is 8.01. The summed E-state index contributed by atoms with van der Waals surface area (Å²) in [5.41, 5.74) is 0.806. The van der Waals surface area contributed by atoms with Crippen molar-refractivity contribution in [3.8, 4) is 0 Å². The quantitative estimate of drug-likeness (QED) is 0.783. The highest BCUT2D eigenvalue weighted by Gasteiger charge is 2.39. The second-order valence-corrected chi connectivity index (χ2v) is 6.57. The van der Waals surface area contributed by atoms with Crippen LogP contribution in [0.3, 0.4) is 0 Å². The normalized spacial score (nSPS) is 11.4. The average Bonchev–Trinajstić information content (AvgIpc) is 2.47. The second-order valence-electron chi connectivity index (χ2n) is 6.57. The third-order valence-electron chi connectivity index (χ3n) is 3.82. The first-order valence-corrected chi connectivity index (χ1v) is 8.01. The molecule has 5 heteroatoms. The van der Waals surface area contributed by atoms with E-state index in [2.05, 4.69) is 5.32 Å². The minimum absolute atomic E-state index is 0.187. The average molecular weight is 319 g/mol. The molecule has 0 fully saturated rings. The smallest absolute Gasteiger partial charge is 0.242 e. The van der Waals surface area contributed by atoms with Gasteiger partial charge in [0.1, 0.15) is 5.41 Å². The number of amides is 2. The summed E-state index contributed by atoms with van der Waals surface area (Å²) in [6, 6.07) is 7.77. The fourth-order valence-electron chi connectivity index (χ4n) is 2.29. The number of benzene rings is 1. The van der Waals surface area contributed by atoms with Gasteiger partial charge in [0.05, 0.1) is 0 Å². The predicted molar refractivity (Wildman–Crippen MR) is 94.6 cm³/mol. The molecule has 0 aromatic heterocycles. The number of carbonyl (C=O) groups is 2. The lowest BCUT2D eigenvalue weighted by Gasteiger charge is -2.30. The highest BCUT2D eigenvalue weighted by molar-refractivity contribution is 6.11. The standard InChI is InChI=1S/C18H29N3O2/c1-7-21(15-10-8-9-14(2)13-15)17(23)18(3,4)16(22)19-11-12-20(5)6/h8-10,13H,7,11-12H2,1-6H3,(H,19,22).